The fraction of sp³-hybridized carbons (Fsp3) is 0.462. The first-order valence-electron chi connectivity index (χ1n) is 6.15. The second-order valence-corrected chi connectivity index (χ2v) is 4.44. The van der Waals surface area contributed by atoms with Gasteiger partial charge in [0.1, 0.15) is 11.6 Å². The van der Waals surface area contributed by atoms with Gasteiger partial charge in [-0.2, -0.15) is 5.10 Å². The molecule has 0 radical (unpaired) electrons. The molecule has 0 bridgehead atoms. The van der Waals surface area contributed by atoms with Crippen molar-refractivity contribution in [2.45, 2.75) is 34.6 Å². The zero-order valence-electron chi connectivity index (χ0n) is 11.6. The molecule has 96 valence electrons. The summed E-state index contributed by atoms with van der Waals surface area (Å²) in [6.07, 6.45) is 0. The highest BCUT2D eigenvalue weighted by molar-refractivity contribution is 5.51. The van der Waals surface area contributed by atoms with Gasteiger partial charge in [-0.3, -0.25) is 0 Å². The monoisotopic (exact) mass is 245 g/mol. The Kier molecular flexibility index (Phi) is 3.32. The summed E-state index contributed by atoms with van der Waals surface area (Å²) in [4.78, 5) is 8.93. The van der Waals surface area contributed by atoms with E-state index in [9.17, 15) is 0 Å². The van der Waals surface area contributed by atoms with Gasteiger partial charge >= 0.3 is 0 Å². The molecule has 0 aliphatic heterocycles. The molecule has 5 nitrogen and oxygen atoms in total. The number of nitrogens with zero attached hydrogens (tertiary/aromatic N) is 4. The number of aryl methyl sites for hydroxylation is 3. The molecule has 0 spiro atoms. The molecule has 0 aliphatic carbocycles. The summed E-state index contributed by atoms with van der Waals surface area (Å²) in [5.41, 5.74) is 3.10. The van der Waals surface area contributed by atoms with Crippen LogP contribution in [0.1, 0.15) is 29.7 Å². The number of anilines is 1. The van der Waals surface area contributed by atoms with Crippen molar-refractivity contribution in [3.8, 4) is 5.82 Å². The van der Waals surface area contributed by atoms with Crippen LogP contribution in [0.5, 0.6) is 0 Å². The van der Waals surface area contributed by atoms with Crippen LogP contribution in [-0.4, -0.2) is 26.3 Å². The molecule has 2 rings (SSSR count). The van der Waals surface area contributed by atoms with Crippen molar-refractivity contribution < 1.29 is 0 Å². The zero-order chi connectivity index (χ0) is 13.3. The van der Waals surface area contributed by atoms with E-state index in [1.54, 1.807) is 0 Å². The predicted molar refractivity (Wildman–Crippen MR) is 72.3 cm³/mol. The highest BCUT2D eigenvalue weighted by Crippen LogP contribution is 2.20. The van der Waals surface area contributed by atoms with Gasteiger partial charge in [0.2, 0.25) is 0 Å². The van der Waals surface area contributed by atoms with Crippen molar-refractivity contribution in [1.29, 1.82) is 0 Å². The Morgan fingerprint density at radius 1 is 1.17 bits per heavy atom. The molecule has 2 aromatic heterocycles. The van der Waals surface area contributed by atoms with Gasteiger partial charge in [-0.15, -0.1) is 0 Å². The lowest BCUT2D eigenvalue weighted by Gasteiger charge is -2.12. The molecule has 0 saturated carbocycles. The Morgan fingerprint density at radius 2 is 1.89 bits per heavy atom. The second-order valence-electron chi connectivity index (χ2n) is 4.44. The van der Waals surface area contributed by atoms with E-state index in [4.69, 9.17) is 0 Å². The molecule has 0 saturated heterocycles. The van der Waals surface area contributed by atoms with E-state index in [1.165, 1.54) is 0 Å². The number of aromatic nitrogens is 4. The molecule has 0 amide bonds. The average Bonchev–Trinajstić information content (AvgIpc) is 2.63. The van der Waals surface area contributed by atoms with Gasteiger partial charge in [0.25, 0.3) is 0 Å². The van der Waals surface area contributed by atoms with Gasteiger partial charge in [-0.05, 0) is 40.7 Å². The maximum Gasteiger partial charge on any atom is 0.162 e. The quantitative estimate of drug-likeness (QED) is 0.901. The van der Waals surface area contributed by atoms with E-state index in [2.05, 4.69) is 27.3 Å². The third-order valence-corrected chi connectivity index (χ3v) is 2.79. The summed E-state index contributed by atoms with van der Waals surface area (Å²) in [6.45, 7) is 10.8. The smallest absolute Gasteiger partial charge is 0.162 e. The SMILES string of the molecule is CCNc1nc(C)nc(-n2nc(C)cc2C)c1C. The molecule has 0 aromatic carbocycles. The Hall–Kier alpha value is -1.91. The van der Waals surface area contributed by atoms with Crippen LogP contribution in [0, 0.1) is 27.7 Å². The van der Waals surface area contributed by atoms with Crippen molar-refractivity contribution in [1.82, 2.24) is 19.7 Å². The van der Waals surface area contributed by atoms with Gasteiger partial charge in [-0.25, -0.2) is 14.6 Å². The molecule has 0 aliphatic rings. The second kappa shape index (κ2) is 4.76. The molecular weight excluding hydrogens is 226 g/mol. The Labute approximate surface area is 107 Å². The number of rotatable bonds is 3. The van der Waals surface area contributed by atoms with Crippen LogP contribution in [-0.2, 0) is 0 Å². The minimum Gasteiger partial charge on any atom is -0.370 e. The van der Waals surface area contributed by atoms with Crippen molar-refractivity contribution in [3.63, 3.8) is 0 Å². The van der Waals surface area contributed by atoms with E-state index >= 15 is 0 Å². The topological polar surface area (TPSA) is 55.6 Å². The molecule has 0 fully saturated rings. The summed E-state index contributed by atoms with van der Waals surface area (Å²) in [5.74, 6) is 2.48. The predicted octanol–water partition coefficient (Wildman–Crippen LogP) is 2.33. The third-order valence-electron chi connectivity index (χ3n) is 2.79. The number of hydrogen-bond donors (Lipinski definition) is 1. The molecule has 0 atom stereocenters. The van der Waals surface area contributed by atoms with Gasteiger partial charge in [0.15, 0.2) is 5.82 Å². The minimum atomic E-state index is 0.749. The fourth-order valence-corrected chi connectivity index (χ4v) is 2.00. The van der Waals surface area contributed by atoms with Crippen LogP contribution in [0.3, 0.4) is 0 Å². The lowest BCUT2D eigenvalue weighted by molar-refractivity contribution is 0.784. The van der Waals surface area contributed by atoms with Crippen molar-refractivity contribution in [2.75, 3.05) is 11.9 Å². The first-order valence-corrected chi connectivity index (χ1v) is 6.15. The first-order chi connectivity index (χ1) is 8.52. The van der Waals surface area contributed by atoms with Crippen molar-refractivity contribution in [3.05, 3.63) is 28.8 Å². The Balaban J connectivity index is 2.60. The third kappa shape index (κ3) is 2.20. The van der Waals surface area contributed by atoms with Crippen molar-refractivity contribution >= 4 is 5.82 Å². The maximum atomic E-state index is 4.51. The lowest BCUT2D eigenvalue weighted by Crippen LogP contribution is -2.11. The largest absolute Gasteiger partial charge is 0.370 e. The number of hydrogen-bond acceptors (Lipinski definition) is 4. The van der Waals surface area contributed by atoms with Gasteiger partial charge < -0.3 is 5.32 Å². The summed E-state index contributed by atoms with van der Waals surface area (Å²) in [7, 11) is 0. The van der Waals surface area contributed by atoms with Crippen LogP contribution in [0.4, 0.5) is 5.82 Å². The van der Waals surface area contributed by atoms with Crippen LogP contribution >= 0.6 is 0 Å². The summed E-state index contributed by atoms with van der Waals surface area (Å²) in [5, 5.41) is 7.74. The fourth-order valence-electron chi connectivity index (χ4n) is 2.00. The minimum absolute atomic E-state index is 0.749. The molecule has 0 unspecified atom stereocenters. The van der Waals surface area contributed by atoms with E-state index in [0.717, 1.165) is 41.0 Å². The van der Waals surface area contributed by atoms with Crippen LogP contribution in [0.2, 0.25) is 0 Å². The van der Waals surface area contributed by atoms with Gasteiger partial charge in [0, 0.05) is 17.8 Å². The van der Waals surface area contributed by atoms with E-state index in [0.29, 0.717) is 0 Å². The normalized spacial score (nSPS) is 10.7. The molecule has 2 aromatic rings. The Morgan fingerprint density at radius 3 is 2.44 bits per heavy atom. The zero-order valence-corrected chi connectivity index (χ0v) is 11.6. The highest BCUT2D eigenvalue weighted by Gasteiger charge is 2.13. The first kappa shape index (κ1) is 12.5. The van der Waals surface area contributed by atoms with E-state index < -0.39 is 0 Å². The summed E-state index contributed by atoms with van der Waals surface area (Å²) >= 11 is 0. The molecule has 1 N–H and O–H groups in total. The van der Waals surface area contributed by atoms with Gasteiger partial charge in [0.05, 0.1) is 5.69 Å². The summed E-state index contributed by atoms with van der Waals surface area (Å²) < 4.78 is 1.88. The van der Waals surface area contributed by atoms with Gasteiger partial charge in [-0.1, -0.05) is 0 Å². The average molecular weight is 245 g/mol. The standard InChI is InChI=1S/C13H19N5/c1-6-14-12-10(4)13(16-11(5)15-12)18-9(3)7-8(2)17-18/h7H,6H2,1-5H3,(H,14,15,16). The van der Waals surface area contributed by atoms with Crippen LogP contribution in [0.15, 0.2) is 6.07 Å². The summed E-state index contributed by atoms with van der Waals surface area (Å²) in [6, 6.07) is 2.05. The Bertz CT molecular complexity index is 571. The molecule has 2 heterocycles. The molecule has 18 heavy (non-hydrogen) atoms. The lowest BCUT2D eigenvalue weighted by atomic mass is 10.3. The van der Waals surface area contributed by atoms with E-state index in [1.807, 2.05) is 38.4 Å². The van der Waals surface area contributed by atoms with Crippen LogP contribution in [0.25, 0.3) is 5.82 Å². The molecular formula is C13H19N5. The molecule has 5 heteroatoms. The maximum absolute atomic E-state index is 4.51. The van der Waals surface area contributed by atoms with Crippen LogP contribution < -0.4 is 5.32 Å². The number of nitrogens with one attached hydrogen (secondary N) is 1. The van der Waals surface area contributed by atoms with E-state index in [-0.39, 0.29) is 0 Å². The van der Waals surface area contributed by atoms with Crippen molar-refractivity contribution in [2.24, 2.45) is 0 Å². The highest BCUT2D eigenvalue weighted by atomic mass is 15.3.